The number of H-pyrrole nitrogens is 1. The first kappa shape index (κ1) is 12.3. The molecule has 2 rings (SSSR count). The van der Waals surface area contributed by atoms with E-state index in [0.717, 1.165) is 5.52 Å². The molecule has 18 heavy (non-hydrogen) atoms. The minimum absolute atomic E-state index is 0.0645. The van der Waals surface area contributed by atoms with Gasteiger partial charge in [0.1, 0.15) is 0 Å². The number of aromatic amines is 1. The Morgan fingerprint density at radius 2 is 2.11 bits per heavy atom. The third-order valence-electron chi connectivity index (χ3n) is 3.04. The molecule has 0 radical (unpaired) electrons. The quantitative estimate of drug-likeness (QED) is 0.643. The number of imidazole rings is 1. The highest BCUT2D eigenvalue weighted by Gasteiger charge is 2.12. The summed E-state index contributed by atoms with van der Waals surface area (Å²) in [5.74, 6) is 1.12. The van der Waals surface area contributed by atoms with Crippen molar-refractivity contribution in [1.29, 1.82) is 0 Å². The molecule has 96 valence electrons. The Morgan fingerprint density at radius 1 is 1.39 bits per heavy atom. The van der Waals surface area contributed by atoms with Crippen LogP contribution in [0.4, 0.5) is 11.6 Å². The van der Waals surface area contributed by atoms with Gasteiger partial charge in [-0.15, -0.1) is 0 Å². The fraction of sp³-hybridized carbons (Fsp3) is 0.417. The molecule has 2 aromatic rings. The molecule has 0 aliphatic carbocycles. The molecule has 6 heteroatoms. The van der Waals surface area contributed by atoms with Crippen molar-refractivity contribution in [2.45, 2.75) is 26.8 Å². The average molecular weight is 248 g/mol. The van der Waals surface area contributed by atoms with Crippen LogP contribution < -0.4 is 5.32 Å². The van der Waals surface area contributed by atoms with Gasteiger partial charge in [0.25, 0.3) is 5.69 Å². The number of non-ortho nitro benzene ring substituents is 1. The predicted molar refractivity (Wildman–Crippen MR) is 70.7 cm³/mol. The Balaban J connectivity index is 2.30. The largest absolute Gasteiger partial charge is 0.353 e. The molecule has 1 aromatic carbocycles. The lowest BCUT2D eigenvalue weighted by Crippen LogP contribution is -2.22. The molecule has 0 amide bonds. The Kier molecular flexibility index (Phi) is 3.18. The van der Waals surface area contributed by atoms with Crippen LogP contribution in [-0.2, 0) is 0 Å². The number of benzene rings is 1. The zero-order chi connectivity index (χ0) is 13.3. The van der Waals surface area contributed by atoms with Gasteiger partial charge in [-0.05, 0) is 18.9 Å². The van der Waals surface area contributed by atoms with E-state index >= 15 is 0 Å². The van der Waals surface area contributed by atoms with Gasteiger partial charge >= 0.3 is 0 Å². The fourth-order valence-electron chi connectivity index (χ4n) is 1.56. The van der Waals surface area contributed by atoms with Crippen LogP contribution in [-0.4, -0.2) is 20.9 Å². The molecule has 1 unspecified atom stereocenters. The van der Waals surface area contributed by atoms with Gasteiger partial charge in [-0.25, -0.2) is 4.98 Å². The Hall–Kier alpha value is -2.11. The molecule has 0 aliphatic heterocycles. The summed E-state index contributed by atoms with van der Waals surface area (Å²) in [6.07, 6.45) is 0. The van der Waals surface area contributed by atoms with Gasteiger partial charge in [-0.1, -0.05) is 13.8 Å². The molecule has 6 nitrogen and oxygen atoms in total. The van der Waals surface area contributed by atoms with E-state index in [0.29, 0.717) is 17.4 Å². The van der Waals surface area contributed by atoms with Crippen LogP contribution in [0.25, 0.3) is 11.0 Å². The number of nitro groups is 1. The molecular weight excluding hydrogens is 232 g/mol. The molecule has 1 atom stereocenters. The number of nitrogens with zero attached hydrogens (tertiary/aromatic N) is 2. The van der Waals surface area contributed by atoms with E-state index in [-0.39, 0.29) is 11.7 Å². The molecule has 0 bridgehead atoms. The highest BCUT2D eigenvalue weighted by molar-refractivity contribution is 5.79. The van der Waals surface area contributed by atoms with Gasteiger partial charge in [-0.3, -0.25) is 10.1 Å². The smallest absolute Gasteiger partial charge is 0.271 e. The maximum Gasteiger partial charge on any atom is 0.271 e. The summed E-state index contributed by atoms with van der Waals surface area (Å²) in [5, 5.41) is 13.9. The van der Waals surface area contributed by atoms with Crippen molar-refractivity contribution in [2.75, 3.05) is 5.32 Å². The number of nitrogens with one attached hydrogen (secondary N) is 2. The highest BCUT2D eigenvalue weighted by Crippen LogP contribution is 2.21. The highest BCUT2D eigenvalue weighted by atomic mass is 16.6. The zero-order valence-electron chi connectivity index (χ0n) is 10.6. The third-order valence-corrected chi connectivity index (χ3v) is 3.04. The van der Waals surface area contributed by atoms with Crippen LogP contribution in [0.5, 0.6) is 0 Å². The number of hydrogen-bond donors (Lipinski definition) is 2. The lowest BCUT2D eigenvalue weighted by molar-refractivity contribution is -0.384. The average Bonchev–Trinajstić information content (AvgIpc) is 2.69. The van der Waals surface area contributed by atoms with E-state index < -0.39 is 4.92 Å². The van der Waals surface area contributed by atoms with Crippen LogP contribution in [0, 0.1) is 16.0 Å². The van der Waals surface area contributed by atoms with E-state index in [2.05, 4.69) is 36.1 Å². The van der Waals surface area contributed by atoms with E-state index in [9.17, 15) is 10.1 Å². The first-order valence-corrected chi connectivity index (χ1v) is 5.88. The SMILES string of the molecule is CC(C)C(C)Nc1nc2ccc([N+](=O)[O-])cc2[nH]1. The molecule has 1 heterocycles. The number of fused-ring (bicyclic) bond motifs is 1. The van der Waals surface area contributed by atoms with Crippen molar-refractivity contribution in [2.24, 2.45) is 5.92 Å². The van der Waals surface area contributed by atoms with Crippen LogP contribution in [0.2, 0.25) is 0 Å². The van der Waals surface area contributed by atoms with Crippen molar-refractivity contribution >= 4 is 22.7 Å². The van der Waals surface area contributed by atoms with E-state index in [4.69, 9.17) is 0 Å². The first-order chi connectivity index (χ1) is 8.47. The molecule has 0 spiro atoms. The van der Waals surface area contributed by atoms with Crippen molar-refractivity contribution in [3.63, 3.8) is 0 Å². The minimum atomic E-state index is -0.413. The maximum atomic E-state index is 10.7. The van der Waals surface area contributed by atoms with Gasteiger partial charge in [0.2, 0.25) is 5.95 Å². The monoisotopic (exact) mass is 248 g/mol. The Morgan fingerprint density at radius 3 is 2.72 bits per heavy atom. The van der Waals surface area contributed by atoms with Crippen molar-refractivity contribution in [3.8, 4) is 0 Å². The topological polar surface area (TPSA) is 83.8 Å². The Labute approximate surface area is 105 Å². The number of rotatable bonds is 4. The molecule has 0 saturated carbocycles. The minimum Gasteiger partial charge on any atom is -0.353 e. The van der Waals surface area contributed by atoms with Gasteiger partial charge in [0, 0.05) is 18.2 Å². The summed E-state index contributed by atoms with van der Waals surface area (Å²) < 4.78 is 0. The van der Waals surface area contributed by atoms with Crippen LogP contribution in [0.1, 0.15) is 20.8 Å². The summed E-state index contributed by atoms with van der Waals surface area (Å²) in [7, 11) is 0. The summed E-state index contributed by atoms with van der Waals surface area (Å²) in [6, 6.07) is 4.88. The number of nitro benzene ring substituents is 1. The predicted octanol–water partition coefficient (Wildman–Crippen LogP) is 2.93. The number of hydrogen-bond acceptors (Lipinski definition) is 4. The normalized spacial score (nSPS) is 12.9. The van der Waals surface area contributed by atoms with E-state index in [1.165, 1.54) is 12.1 Å². The molecule has 0 aliphatic rings. The zero-order valence-corrected chi connectivity index (χ0v) is 10.6. The number of aromatic nitrogens is 2. The Bertz CT molecular complexity index is 576. The summed E-state index contributed by atoms with van der Waals surface area (Å²) in [5.41, 5.74) is 1.45. The van der Waals surface area contributed by atoms with Gasteiger partial charge in [0.15, 0.2) is 0 Å². The molecule has 0 saturated heterocycles. The standard InChI is InChI=1S/C12H16N4O2/c1-7(2)8(3)13-12-14-10-5-4-9(16(17)18)6-11(10)15-12/h4-8H,1-3H3,(H2,13,14,15). The van der Waals surface area contributed by atoms with Crippen molar-refractivity contribution in [1.82, 2.24) is 9.97 Å². The van der Waals surface area contributed by atoms with Crippen molar-refractivity contribution < 1.29 is 4.92 Å². The summed E-state index contributed by atoms with van der Waals surface area (Å²) in [6.45, 7) is 6.30. The van der Waals surface area contributed by atoms with Crippen LogP contribution in [0.15, 0.2) is 18.2 Å². The van der Waals surface area contributed by atoms with Gasteiger partial charge in [0.05, 0.1) is 16.0 Å². The fourth-order valence-corrected chi connectivity index (χ4v) is 1.56. The second-order valence-electron chi connectivity index (χ2n) is 4.72. The maximum absolute atomic E-state index is 10.7. The first-order valence-electron chi connectivity index (χ1n) is 5.88. The van der Waals surface area contributed by atoms with E-state index in [1.54, 1.807) is 6.07 Å². The number of anilines is 1. The molecule has 0 fully saturated rings. The summed E-state index contributed by atoms with van der Waals surface area (Å²) >= 11 is 0. The molecular formula is C12H16N4O2. The lowest BCUT2D eigenvalue weighted by Gasteiger charge is -2.16. The van der Waals surface area contributed by atoms with E-state index in [1.807, 2.05) is 0 Å². The lowest BCUT2D eigenvalue weighted by atomic mass is 10.1. The van der Waals surface area contributed by atoms with Gasteiger partial charge in [-0.2, -0.15) is 0 Å². The second-order valence-corrected chi connectivity index (χ2v) is 4.72. The third kappa shape index (κ3) is 2.42. The van der Waals surface area contributed by atoms with Crippen LogP contribution in [0.3, 0.4) is 0 Å². The summed E-state index contributed by atoms with van der Waals surface area (Å²) in [4.78, 5) is 17.7. The van der Waals surface area contributed by atoms with Crippen LogP contribution >= 0.6 is 0 Å². The second kappa shape index (κ2) is 4.64. The molecule has 2 N–H and O–H groups in total. The molecule has 1 aromatic heterocycles. The van der Waals surface area contributed by atoms with Crippen molar-refractivity contribution in [3.05, 3.63) is 28.3 Å². The van der Waals surface area contributed by atoms with Gasteiger partial charge < -0.3 is 10.3 Å².